The van der Waals surface area contributed by atoms with Crippen LogP contribution in [0, 0.1) is 5.92 Å². The van der Waals surface area contributed by atoms with Gasteiger partial charge < -0.3 is 14.9 Å². The number of carbonyl (C=O) groups is 3. The molecule has 3 aliphatic heterocycles. The van der Waals surface area contributed by atoms with E-state index in [4.69, 9.17) is 0 Å². The number of rotatable bonds is 8. The molecule has 10 heteroatoms. The molecule has 1 N–H and O–H groups in total. The number of likely N-dealkylation sites (tertiary alicyclic amines) is 1. The van der Waals surface area contributed by atoms with E-state index in [0.29, 0.717) is 6.42 Å². The topological polar surface area (TPSA) is 101 Å². The molecule has 3 amide bonds. The number of hydrogen-bond donors (Lipinski definition) is 1. The molecule has 44 heavy (non-hydrogen) atoms. The number of aromatic nitrogens is 1. The molecule has 1 aromatic heterocycles. The summed E-state index contributed by atoms with van der Waals surface area (Å²) in [6.45, 7) is 3.32. The molecule has 1 unspecified atom stereocenters. The van der Waals surface area contributed by atoms with Crippen molar-refractivity contribution in [3.63, 3.8) is 0 Å². The van der Waals surface area contributed by atoms with Gasteiger partial charge in [0.05, 0.1) is 25.3 Å². The summed E-state index contributed by atoms with van der Waals surface area (Å²) >= 11 is 0. The van der Waals surface area contributed by atoms with E-state index >= 15 is 0 Å². The van der Waals surface area contributed by atoms with Gasteiger partial charge >= 0.3 is 0 Å². The second-order valence-corrected chi connectivity index (χ2v) is 12.2. The van der Waals surface area contributed by atoms with Crippen molar-refractivity contribution in [2.24, 2.45) is 5.92 Å². The minimum Gasteiger partial charge on any atom is -0.508 e. The summed E-state index contributed by atoms with van der Waals surface area (Å²) in [5.74, 6) is 0.0295. The smallest absolute Gasteiger partial charge is 0.246 e. The molecule has 3 aliphatic rings. The average Bonchev–Trinajstić information content (AvgIpc) is 3.02. The molecule has 0 saturated carbocycles. The number of likely N-dealkylation sites (N-methyl/N-ethyl adjacent to an activating group) is 1. The van der Waals surface area contributed by atoms with Crippen LogP contribution in [-0.2, 0) is 33.9 Å². The first-order valence-corrected chi connectivity index (χ1v) is 15.4. The van der Waals surface area contributed by atoms with E-state index in [2.05, 4.69) is 34.1 Å². The normalized spacial score (nSPS) is 21.9. The Kier molecular flexibility index (Phi) is 8.90. The monoisotopic (exact) mass is 596 g/mol. The molecule has 3 fully saturated rings. The molecule has 0 radical (unpaired) electrons. The third-order valence-electron chi connectivity index (χ3n) is 9.06. The Labute approximate surface area is 258 Å². The number of phenolic OH excluding ortho intramolecular Hbond substituents is 1. The average molecular weight is 597 g/mol. The molecule has 2 aromatic carbocycles. The van der Waals surface area contributed by atoms with Gasteiger partial charge in [0.15, 0.2) is 0 Å². The number of phenols is 1. The van der Waals surface area contributed by atoms with Crippen LogP contribution < -0.4 is 0 Å². The highest BCUT2D eigenvalue weighted by Gasteiger charge is 2.50. The highest BCUT2D eigenvalue weighted by atomic mass is 16.3. The third-order valence-corrected chi connectivity index (χ3v) is 9.06. The minimum atomic E-state index is -0.778. The van der Waals surface area contributed by atoms with Gasteiger partial charge in [-0.15, -0.1) is 0 Å². The molecule has 0 aliphatic carbocycles. The third kappa shape index (κ3) is 6.61. The molecule has 230 valence electrons. The van der Waals surface area contributed by atoms with Gasteiger partial charge in [-0.1, -0.05) is 48.5 Å². The molecule has 6 rings (SSSR count). The summed E-state index contributed by atoms with van der Waals surface area (Å²) in [4.78, 5) is 51.8. The number of piperidine rings is 1. The van der Waals surface area contributed by atoms with Gasteiger partial charge in [-0.3, -0.25) is 29.3 Å². The Hall–Kier alpha value is -4.28. The van der Waals surface area contributed by atoms with Gasteiger partial charge in [-0.25, -0.2) is 5.01 Å². The van der Waals surface area contributed by atoms with Gasteiger partial charge in [-0.2, -0.15) is 0 Å². The Balaban J connectivity index is 1.20. The number of pyridine rings is 1. The summed E-state index contributed by atoms with van der Waals surface area (Å²) < 4.78 is 0. The maximum absolute atomic E-state index is 14.0. The molecule has 2 atom stereocenters. The second kappa shape index (κ2) is 13.2. The number of aromatic hydroxyl groups is 1. The van der Waals surface area contributed by atoms with Crippen LogP contribution >= 0.6 is 0 Å². The van der Waals surface area contributed by atoms with Crippen LogP contribution in [0.5, 0.6) is 5.75 Å². The largest absolute Gasteiger partial charge is 0.508 e. The first kappa shape index (κ1) is 29.8. The number of nitrogens with zero attached hydrogens (tertiary/aromatic N) is 6. The number of piperazine rings is 1. The van der Waals surface area contributed by atoms with E-state index in [1.165, 1.54) is 5.56 Å². The zero-order valence-corrected chi connectivity index (χ0v) is 25.2. The van der Waals surface area contributed by atoms with Crippen LogP contribution in [0.2, 0.25) is 0 Å². The van der Waals surface area contributed by atoms with Crippen molar-refractivity contribution >= 4 is 17.7 Å². The van der Waals surface area contributed by atoms with Crippen LogP contribution in [-0.4, -0.2) is 98.0 Å². The molecule has 3 saturated heterocycles. The van der Waals surface area contributed by atoms with Crippen molar-refractivity contribution in [2.75, 3.05) is 33.2 Å². The van der Waals surface area contributed by atoms with E-state index in [0.717, 1.165) is 43.7 Å². The van der Waals surface area contributed by atoms with E-state index < -0.39 is 12.2 Å². The predicted molar refractivity (Wildman–Crippen MR) is 164 cm³/mol. The second-order valence-electron chi connectivity index (χ2n) is 12.2. The zero-order valence-electron chi connectivity index (χ0n) is 25.2. The molecule has 4 heterocycles. The Bertz CT molecular complexity index is 1450. The first-order chi connectivity index (χ1) is 21.4. The van der Waals surface area contributed by atoms with E-state index in [1.807, 2.05) is 24.3 Å². The summed E-state index contributed by atoms with van der Waals surface area (Å²) in [7, 11) is 1.78. The quantitative estimate of drug-likeness (QED) is 0.427. The number of amides is 3. The number of hydrazine groups is 1. The van der Waals surface area contributed by atoms with Gasteiger partial charge in [-0.05, 0) is 67.2 Å². The van der Waals surface area contributed by atoms with Crippen molar-refractivity contribution in [3.8, 4) is 5.75 Å². The van der Waals surface area contributed by atoms with Gasteiger partial charge in [0.1, 0.15) is 18.0 Å². The van der Waals surface area contributed by atoms with Crippen LogP contribution in [0.15, 0.2) is 79.0 Å². The number of hydrogen-bond acceptors (Lipinski definition) is 7. The molecular formula is C34H40N6O4. The maximum atomic E-state index is 14.0. The lowest BCUT2D eigenvalue weighted by atomic mass is 9.92. The SMILES string of the molecule is CN1CC(=O)N2C(CN(Cc3ccccn3)C(=O)[C@@H]2Cc2ccc(O)cc2)N1C(=O)CC1CCN(Cc2ccccc2)CC1. The summed E-state index contributed by atoms with van der Waals surface area (Å²) in [5, 5.41) is 13.2. The number of fused-ring (bicyclic) bond motifs is 1. The standard InChI is InChI=1S/C34H40N6O4/c1-36-24-33(43)39-30(19-25-10-12-29(41)13-11-25)34(44)38(22-28-9-5-6-16-35-28)23-31(39)40(36)32(42)20-26-14-17-37(18-15-26)21-27-7-3-2-4-8-27/h2-13,16,26,30-31,41H,14-15,17-24H2,1H3/t30-,31?/m0/s1. The molecule has 10 nitrogen and oxygen atoms in total. The summed E-state index contributed by atoms with van der Waals surface area (Å²) in [5.41, 5.74) is 2.87. The van der Waals surface area contributed by atoms with E-state index in [1.54, 1.807) is 57.3 Å². The first-order valence-electron chi connectivity index (χ1n) is 15.4. The van der Waals surface area contributed by atoms with E-state index in [9.17, 15) is 19.5 Å². The van der Waals surface area contributed by atoms with Gasteiger partial charge in [0.2, 0.25) is 17.7 Å². The van der Waals surface area contributed by atoms with Gasteiger partial charge in [0, 0.05) is 32.6 Å². The van der Waals surface area contributed by atoms with Crippen LogP contribution in [0.25, 0.3) is 0 Å². The molecule has 0 bridgehead atoms. The van der Waals surface area contributed by atoms with Crippen molar-refractivity contribution in [3.05, 3.63) is 95.8 Å². The van der Waals surface area contributed by atoms with Crippen molar-refractivity contribution in [1.29, 1.82) is 0 Å². The van der Waals surface area contributed by atoms with E-state index in [-0.39, 0.29) is 55.4 Å². The predicted octanol–water partition coefficient (Wildman–Crippen LogP) is 2.89. The Morgan fingerprint density at radius 2 is 1.64 bits per heavy atom. The number of benzene rings is 2. The fourth-order valence-electron chi connectivity index (χ4n) is 6.79. The lowest BCUT2D eigenvalue weighted by molar-refractivity contribution is -0.203. The Morgan fingerprint density at radius 1 is 0.909 bits per heavy atom. The lowest BCUT2D eigenvalue weighted by Crippen LogP contribution is -2.75. The molecule has 3 aromatic rings. The van der Waals surface area contributed by atoms with Crippen LogP contribution in [0.3, 0.4) is 0 Å². The fourth-order valence-corrected chi connectivity index (χ4v) is 6.79. The highest BCUT2D eigenvalue weighted by molar-refractivity contribution is 5.91. The summed E-state index contributed by atoms with van der Waals surface area (Å²) in [6.07, 6.45) is 3.65. The van der Waals surface area contributed by atoms with Crippen LogP contribution in [0.1, 0.15) is 36.1 Å². The minimum absolute atomic E-state index is 0.0213. The molecular weight excluding hydrogens is 556 g/mol. The fraction of sp³-hybridized carbons (Fsp3) is 0.412. The van der Waals surface area contributed by atoms with Crippen LogP contribution in [0.4, 0.5) is 0 Å². The Morgan fingerprint density at radius 3 is 2.34 bits per heavy atom. The zero-order chi connectivity index (χ0) is 30.6. The summed E-state index contributed by atoms with van der Waals surface area (Å²) in [6, 6.07) is 22.0. The van der Waals surface area contributed by atoms with Gasteiger partial charge in [0.25, 0.3) is 0 Å². The van der Waals surface area contributed by atoms with Crippen molar-refractivity contribution in [1.82, 2.24) is 29.7 Å². The lowest BCUT2D eigenvalue weighted by Gasteiger charge is -2.55. The van der Waals surface area contributed by atoms with Crippen molar-refractivity contribution in [2.45, 2.75) is 51.0 Å². The molecule has 0 spiro atoms. The van der Waals surface area contributed by atoms with Crippen molar-refractivity contribution < 1.29 is 19.5 Å². The number of carbonyl (C=O) groups excluding carboxylic acids is 3. The maximum Gasteiger partial charge on any atom is 0.246 e. The highest BCUT2D eigenvalue weighted by Crippen LogP contribution is 2.31.